The highest BCUT2D eigenvalue weighted by Crippen LogP contribution is 2.33. The highest BCUT2D eigenvalue weighted by molar-refractivity contribution is 5.67. The van der Waals surface area contributed by atoms with E-state index >= 15 is 0 Å². The first-order valence-electron chi connectivity index (χ1n) is 5.82. The molecule has 1 heterocycles. The summed E-state index contributed by atoms with van der Waals surface area (Å²) in [6.45, 7) is 8.55. The molecule has 5 heteroatoms. The summed E-state index contributed by atoms with van der Waals surface area (Å²) in [5, 5.41) is 0. The SMILES string of the molecule is CC(=O)OC1OC(C)[C@H](C)[C@@H](C)[C@H]1OC(C)=O. The van der Waals surface area contributed by atoms with Gasteiger partial charge in [-0.05, 0) is 12.8 Å². The minimum absolute atomic E-state index is 0.0406. The average Bonchev–Trinajstić information content (AvgIpc) is 2.20. The first-order chi connectivity index (χ1) is 7.82. The number of hydrogen-bond donors (Lipinski definition) is 0. The molecule has 0 aromatic rings. The van der Waals surface area contributed by atoms with E-state index in [1.807, 2.05) is 20.8 Å². The lowest BCUT2D eigenvalue weighted by Crippen LogP contribution is -2.51. The molecule has 0 aromatic heterocycles. The van der Waals surface area contributed by atoms with Crippen molar-refractivity contribution in [2.75, 3.05) is 0 Å². The van der Waals surface area contributed by atoms with Crippen LogP contribution in [0.15, 0.2) is 0 Å². The van der Waals surface area contributed by atoms with Gasteiger partial charge in [-0.15, -0.1) is 0 Å². The van der Waals surface area contributed by atoms with E-state index < -0.39 is 24.3 Å². The van der Waals surface area contributed by atoms with Crippen molar-refractivity contribution in [2.24, 2.45) is 11.8 Å². The van der Waals surface area contributed by atoms with Gasteiger partial charge in [-0.25, -0.2) is 0 Å². The van der Waals surface area contributed by atoms with Crippen LogP contribution in [0.1, 0.15) is 34.6 Å². The van der Waals surface area contributed by atoms with Gasteiger partial charge in [0, 0.05) is 19.8 Å². The Morgan fingerprint density at radius 2 is 1.47 bits per heavy atom. The summed E-state index contributed by atoms with van der Waals surface area (Å²) < 4.78 is 15.8. The predicted molar refractivity (Wildman–Crippen MR) is 60.0 cm³/mol. The molecule has 0 aromatic carbocycles. The van der Waals surface area contributed by atoms with Gasteiger partial charge in [0.25, 0.3) is 0 Å². The van der Waals surface area contributed by atoms with Crippen LogP contribution in [0.4, 0.5) is 0 Å². The minimum atomic E-state index is -0.808. The van der Waals surface area contributed by atoms with E-state index in [4.69, 9.17) is 14.2 Å². The lowest BCUT2D eigenvalue weighted by molar-refractivity contribution is -0.263. The van der Waals surface area contributed by atoms with E-state index in [0.29, 0.717) is 0 Å². The number of carbonyl (C=O) groups excluding carboxylic acids is 2. The van der Waals surface area contributed by atoms with Crippen molar-refractivity contribution in [3.8, 4) is 0 Å². The van der Waals surface area contributed by atoms with E-state index in [1.165, 1.54) is 13.8 Å². The van der Waals surface area contributed by atoms with Crippen LogP contribution < -0.4 is 0 Å². The third kappa shape index (κ3) is 3.43. The summed E-state index contributed by atoms with van der Waals surface area (Å²) in [7, 11) is 0. The van der Waals surface area contributed by atoms with Gasteiger partial charge in [-0.3, -0.25) is 9.59 Å². The van der Waals surface area contributed by atoms with Crippen molar-refractivity contribution in [1.82, 2.24) is 0 Å². The number of carbonyl (C=O) groups is 2. The highest BCUT2D eigenvalue weighted by atomic mass is 16.7. The van der Waals surface area contributed by atoms with Crippen molar-refractivity contribution in [3.05, 3.63) is 0 Å². The maximum absolute atomic E-state index is 11.1. The maximum atomic E-state index is 11.1. The van der Waals surface area contributed by atoms with Gasteiger partial charge in [0.1, 0.15) is 0 Å². The summed E-state index contributed by atoms with van der Waals surface area (Å²) in [4.78, 5) is 22.1. The molecule has 0 N–H and O–H groups in total. The Labute approximate surface area is 101 Å². The van der Waals surface area contributed by atoms with Crippen LogP contribution >= 0.6 is 0 Å². The quantitative estimate of drug-likeness (QED) is 0.689. The normalized spacial score (nSPS) is 37.4. The van der Waals surface area contributed by atoms with Crippen molar-refractivity contribution >= 4 is 11.9 Å². The third-order valence-corrected chi connectivity index (χ3v) is 3.29. The molecular weight excluding hydrogens is 224 g/mol. The fourth-order valence-electron chi connectivity index (χ4n) is 2.00. The predicted octanol–water partition coefficient (Wildman–Crippen LogP) is 1.50. The standard InChI is InChI=1S/C12H20O5/c1-6-7(2)11(16-9(4)13)12(15-8(6)3)17-10(5)14/h6-8,11-12H,1-5H3/t6-,7-,8?,11-,12?/m1/s1. The molecule has 5 atom stereocenters. The Morgan fingerprint density at radius 1 is 0.941 bits per heavy atom. The molecule has 5 nitrogen and oxygen atoms in total. The van der Waals surface area contributed by atoms with Gasteiger partial charge in [0.2, 0.25) is 6.29 Å². The molecule has 1 aliphatic heterocycles. The van der Waals surface area contributed by atoms with Gasteiger partial charge >= 0.3 is 11.9 Å². The van der Waals surface area contributed by atoms with Gasteiger partial charge in [-0.1, -0.05) is 13.8 Å². The van der Waals surface area contributed by atoms with Crippen LogP contribution in [0.25, 0.3) is 0 Å². The molecule has 0 saturated carbocycles. The smallest absolute Gasteiger partial charge is 0.305 e. The van der Waals surface area contributed by atoms with E-state index in [2.05, 4.69) is 0 Å². The zero-order chi connectivity index (χ0) is 13.2. The molecule has 2 unspecified atom stereocenters. The van der Waals surface area contributed by atoms with Gasteiger partial charge in [-0.2, -0.15) is 0 Å². The largest absolute Gasteiger partial charge is 0.456 e. The summed E-state index contributed by atoms with van der Waals surface area (Å²) >= 11 is 0. The van der Waals surface area contributed by atoms with Crippen molar-refractivity contribution < 1.29 is 23.8 Å². The number of hydrogen-bond acceptors (Lipinski definition) is 5. The van der Waals surface area contributed by atoms with E-state index in [1.54, 1.807) is 0 Å². The van der Waals surface area contributed by atoms with Gasteiger partial charge in [0.05, 0.1) is 6.10 Å². The Balaban J connectivity index is 2.82. The lowest BCUT2D eigenvalue weighted by atomic mass is 9.84. The monoisotopic (exact) mass is 244 g/mol. The second kappa shape index (κ2) is 5.49. The molecule has 1 rings (SSSR count). The fourth-order valence-corrected chi connectivity index (χ4v) is 2.00. The van der Waals surface area contributed by atoms with Gasteiger partial charge < -0.3 is 14.2 Å². The van der Waals surface area contributed by atoms with Crippen LogP contribution in [0.3, 0.4) is 0 Å². The Hall–Kier alpha value is -1.10. The number of ether oxygens (including phenoxy) is 3. The fraction of sp³-hybridized carbons (Fsp3) is 0.833. The summed E-state index contributed by atoms with van der Waals surface area (Å²) in [6.07, 6.45) is -1.39. The van der Waals surface area contributed by atoms with Crippen LogP contribution in [-0.4, -0.2) is 30.4 Å². The van der Waals surface area contributed by atoms with Crippen LogP contribution in [0.2, 0.25) is 0 Å². The Kier molecular flexibility index (Phi) is 4.51. The Bertz CT molecular complexity index is 301. The highest BCUT2D eigenvalue weighted by Gasteiger charge is 2.43. The van der Waals surface area contributed by atoms with Crippen LogP contribution in [0.5, 0.6) is 0 Å². The molecule has 0 radical (unpaired) electrons. The molecule has 0 aliphatic carbocycles. The summed E-state index contributed by atoms with van der Waals surface area (Å²) in [5.74, 6) is -0.538. The minimum Gasteiger partial charge on any atom is -0.456 e. The number of esters is 2. The second-order valence-corrected chi connectivity index (χ2v) is 4.61. The molecule has 0 amide bonds. The molecule has 0 bridgehead atoms. The molecule has 98 valence electrons. The summed E-state index contributed by atoms with van der Waals surface area (Å²) in [5.41, 5.74) is 0. The van der Waals surface area contributed by atoms with Crippen LogP contribution in [-0.2, 0) is 23.8 Å². The van der Waals surface area contributed by atoms with E-state index in [0.717, 1.165) is 0 Å². The lowest BCUT2D eigenvalue weighted by Gasteiger charge is -2.42. The van der Waals surface area contributed by atoms with Crippen molar-refractivity contribution in [2.45, 2.75) is 53.1 Å². The zero-order valence-corrected chi connectivity index (χ0v) is 10.9. The first-order valence-corrected chi connectivity index (χ1v) is 5.82. The van der Waals surface area contributed by atoms with E-state index in [-0.39, 0.29) is 17.9 Å². The first kappa shape index (κ1) is 14.0. The summed E-state index contributed by atoms with van der Waals surface area (Å²) in [6, 6.07) is 0. The molecular formula is C12H20O5. The molecule has 1 fully saturated rings. The molecule has 1 saturated heterocycles. The van der Waals surface area contributed by atoms with Crippen molar-refractivity contribution in [3.63, 3.8) is 0 Å². The van der Waals surface area contributed by atoms with Gasteiger partial charge in [0.15, 0.2) is 6.10 Å². The molecule has 0 spiro atoms. The maximum Gasteiger partial charge on any atom is 0.305 e. The molecule has 17 heavy (non-hydrogen) atoms. The van der Waals surface area contributed by atoms with E-state index in [9.17, 15) is 9.59 Å². The topological polar surface area (TPSA) is 61.8 Å². The second-order valence-electron chi connectivity index (χ2n) is 4.61. The van der Waals surface area contributed by atoms with Crippen LogP contribution in [0, 0.1) is 11.8 Å². The molecule has 1 aliphatic rings. The average molecular weight is 244 g/mol. The Morgan fingerprint density at radius 3 is 1.94 bits per heavy atom. The zero-order valence-electron chi connectivity index (χ0n) is 10.9. The number of rotatable bonds is 2. The van der Waals surface area contributed by atoms with Crippen molar-refractivity contribution in [1.29, 1.82) is 0 Å². The third-order valence-electron chi connectivity index (χ3n) is 3.29.